The van der Waals surface area contributed by atoms with Crippen molar-refractivity contribution in [3.05, 3.63) is 101 Å². The summed E-state index contributed by atoms with van der Waals surface area (Å²) < 4.78 is 37.6. The lowest BCUT2D eigenvalue weighted by Crippen LogP contribution is -2.52. The van der Waals surface area contributed by atoms with Gasteiger partial charge < -0.3 is 31.0 Å². The van der Waals surface area contributed by atoms with Gasteiger partial charge in [-0.3, -0.25) is 14.4 Å². The number of carboxylic acid groups (broad SMARTS) is 2. The number of halogens is 3. The Morgan fingerprint density at radius 1 is 1.02 bits per heavy atom. The highest BCUT2D eigenvalue weighted by atomic mass is 19.4. The molecule has 1 atom stereocenters. The summed E-state index contributed by atoms with van der Waals surface area (Å²) >= 11 is 0. The van der Waals surface area contributed by atoms with Crippen molar-refractivity contribution in [3.8, 4) is 5.75 Å². The number of carbonyl (C=O) groups is 4. The van der Waals surface area contributed by atoms with Crippen LogP contribution in [0.3, 0.4) is 0 Å². The van der Waals surface area contributed by atoms with E-state index in [0.29, 0.717) is 24.3 Å². The quantitative estimate of drug-likeness (QED) is 0.153. The lowest BCUT2D eigenvalue weighted by atomic mass is 9.96. The number of amides is 2. The third kappa shape index (κ3) is 9.58. The van der Waals surface area contributed by atoms with Crippen molar-refractivity contribution in [2.45, 2.75) is 38.2 Å². The van der Waals surface area contributed by atoms with Gasteiger partial charge in [0.05, 0.1) is 12.6 Å². The van der Waals surface area contributed by atoms with Gasteiger partial charge in [0.25, 0.3) is 5.91 Å². The molecule has 0 saturated heterocycles. The highest BCUT2D eigenvalue weighted by molar-refractivity contribution is 6.00. The van der Waals surface area contributed by atoms with Crippen LogP contribution in [0.4, 0.5) is 13.2 Å². The van der Waals surface area contributed by atoms with Gasteiger partial charge in [-0.05, 0) is 46.9 Å². The molecule has 1 heterocycles. The first-order valence-corrected chi connectivity index (χ1v) is 13.1. The number of nitrogens with zero attached hydrogens (tertiary/aromatic N) is 2. The number of aliphatic carboxylic acids is 2. The Kier molecular flexibility index (Phi) is 11.4. The van der Waals surface area contributed by atoms with Gasteiger partial charge in [0.15, 0.2) is 0 Å². The molecule has 232 valence electrons. The van der Waals surface area contributed by atoms with E-state index in [-0.39, 0.29) is 19.0 Å². The van der Waals surface area contributed by atoms with E-state index < -0.39 is 36.5 Å². The smallest absolute Gasteiger partial charge is 0.489 e. The number of carboxylic acids is 2. The number of benzene rings is 3. The molecule has 1 aliphatic heterocycles. The number of alkyl halides is 3. The van der Waals surface area contributed by atoms with Crippen molar-refractivity contribution >= 4 is 30.0 Å². The lowest BCUT2D eigenvalue weighted by Gasteiger charge is -2.34. The van der Waals surface area contributed by atoms with Gasteiger partial charge in [-0.25, -0.2) is 4.79 Å². The number of ether oxygens (including phenoxy) is 1. The minimum atomic E-state index is -5.08. The molecule has 1 aliphatic rings. The number of fused-ring (bicyclic) bond motifs is 1. The van der Waals surface area contributed by atoms with Crippen LogP contribution in [0, 0.1) is 0 Å². The molecule has 3 aromatic rings. The summed E-state index contributed by atoms with van der Waals surface area (Å²) in [6, 6.07) is 21.0. The summed E-state index contributed by atoms with van der Waals surface area (Å²) in [7, 11) is 0. The normalized spacial score (nSPS) is 13.3. The molecule has 0 spiro atoms. The molecule has 2 amide bonds. The Hall–Kier alpha value is -5.40. The van der Waals surface area contributed by atoms with E-state index in [1.807, 2.05) is 60.7 Å². The average molecular weight is 615 g/mol. The second-order valence-electron chi connectivity index (χ2n) is 9.50. The number of hydrogen-bond donors (Lipinski definition) is 4. The molecule has 0 fully saturated rings. The molecular formula is C30H29F3N4O7. The third-order valence-electron chi connectivity index (χ3n) is 6.40. The van der Waals surface area contributed by atoms with Crippen LogP contribution in [0.25, 0.3) is 0 Å². The third-order valence-corrected chi connectivity index (χ3v) is 6.40. The van der Waals surface area contributed by atoms with Crippen LogP contribution < -0.4 is 15.9 Å². The second-order valence-corrected chi connectivity index (χ2v) is 9.50. The number of hydrogen-bond acceptors (Lipinski definition) is 7. The summed E-state index contributed by atoms with van der Waals surface area (Å²) in [5.41, 5.74) is 3.97. The molecule has 0 saturated carbocycles. The molecule has 0 radical (unpaired) electrons. The molecule has 0 bridgehead atoms. The van der Waals surface area contributed by atoms with E-state index in [9.17, 15) is 32.7 Å². The molecule has 44 heavy (non-hydrogen) atoms. The predicted octanol–water partition coefficient (Wildman–Crippen LogP) is 3.35. The summed E-state index contributed by atoms with van der Waals surface area (Å²) in [4.78, 5) is 48.0. The van der Waals surface area contributed by atoms with Gasteiger partial charge in [0.2, 0.25) is 5.91 Å². The number of nitrogens with two attached hydrogens (primary N) is 1. The average Bonchev–Trinajstić information content (AvgIpc) is 2.99. The van der Waals surface area contributed by atoms with Gasteiger partial charge in [-0.2, -0.15) is 18.3 Å². The maximum Gasteiger partial charge on any atom is 0.490 e. The van der Waals surface area contributed by atoms with Crippen molar-refractivity contribution in [2.75, 3.05) is 6.54 Å². The van der Waals surface area contributed by atoms with E-state index in [2.05, 4.69) is 10.4 Å². The Bertz CT molecular complexity index is 1500. The van der Waals surface area contributed by atoms with Gasteiger partial charge in [-0.15, -0.1) is 0 Å². The van der Waals surface area contributed by atoms with E-state index in [1.54, 1.807) is 18.3 Å². The van der Waals surface area contributed by atoms with E-state index in [1.165, 1.54) is 4.90 Å². The van der Waals surface area contributed by atoms with Crippen molar-refractivity contribution in [1.82, 2.24) is 10.2 Å². The van der Waals surface area contributed by atoms with E-state index >= 15 is 0 Å². The zero-order chi connectivity index (χ0) is 32.3. The van der Waals surface area contributed by atoms with Crippen LogP contribution >= 0.6 is 0 Å². The van der Waals surface area contributed by atoms with Crippen LogP contribution in [0.15, 0.2) is 77.9 Å². The van der Waals surface area contributed by atoms with E-state index in [4.69, 9.17) is 20.5 Å². The topological polar surface area (TPSA) is 172 Å². The maximum atomic E-state index is 13.3. The molecule has 14 heteroatoms. The predicted molar refractivity (Wildman–Crippen MR) is 152 cm³/mol. The van der Waals surface area contributed by atoms with Gasteiger partial charge in [0, 0.05) is 18.7 Å². The van der Waals surface area contributed by atoms with Gasteiger partial charge in [0.1, 0.15) is 18.4 Å². The van der Waals surface area contributed by atoms with Crippen molar-refractivity contribution in [3.63, 3.8) is 0 Å². The van der Waals surface area contributed by atoms with Crippen molar-refractivity contribution in [2.24, 2.45) is 10.9 Å². The molecule has 1 unspecified atom stereocenters. The first-order chi connectivity index (χ1) is 20.9. The number of rotatable bonds is 10. The van der Waals surface area contributed by atoms with Gasteiger partial charge in [-0.1, -0.05) is 54.6 Å². The first kappa shape index (κ1) is 33.1. The molecule has 5 N–H and O–H groups in total. The second kappa shape index (κ2) is 15.2. The summed E-state index contributed by atoms with van der Waals surface area (Å²) in [6.07, 6.45) is -3.52. The Morgan fingerprint density at radius 2 is 1.68 bits per heavy atom. The fraction of sp³-hybridized carbons (Fsp3) is 0.233. The summed E-state index contributed by atoms with van der Waals surface area (Å²) in [5, 5.41) is 22.8. The van der Waals surface area contributed by atoms with Crippen LogP contribution in [-0.2, 0) is 34.0 Å². The van der Waals surface area contributed by atoms with Crippen molar-refractivity contribution < 1.29 is 47.3 Å². The van der Waals surface area contributed by atoms with Crippen LogP contribution in [-0.4, -0.2) is 63.8 Å². The Balaban J connectivity index is 0.000000676. The molecular weight excluding hydrogens is 585 g/mol. The maximum absolute atomic E-state index is 13.3. The largest absolute Gasteiger partial charge is 0.490 e. The molecule has 3 aromatic carbocycles. The number of hydrazone groups is 1. The fourth-order valence-corrected chi connectivity index (χ4v) is 4.24. The highest BCUT2D eigenvalue weighted by Crippen LogP contribution is 2.26. The van der Waals surface area contributed by atoms with E-state index in [0.717, 1.165) is 22.3 Å². The van der Waals surface area contributed by atoms with Gasteiger partial charge >= 0.3 is 18.1 Å². The lowest BCUT2D eigenvalue weighted by molar-refractivity contribution is -0.192. The van der Waals surface area contributed by atoms with Crippen LogP contribution in [0.2, 0.25) is 0 Å². The molecule has 11 nitrogen and oxygen atoms in total. The SMILES string of the molecule is NN=Cc1ccc(COc2ccc3c(c2)CCN(C(CC(=O)O)C(=O)NCc2ccccc2)C3=O)cc1.O=C(O)C(F)(F)F. The minimum absolute atomic E-state index is 0.232. The fourth-order valence-electron chi connectivity index (χ4n) is 4.24. The standard InChI is InChI=1S/C28H28N4O5.C2HF3O2/c29-31-17-20-6-8-21(9-7-20)18-37-23-10-11-24-22(14-23)12-13-32(28(24)36)25(15-26(33)34)27(35)30-16-19-4-2-1-3-5-19;3-2(4,5)1(6)7/h1-11,14,17,25H,12-13,15-16,18,29H2,(H,30,35)(H,33,34);(H,6,7). The number of nitrogens with one attached hydrogen (secondary N) is 1. The zero-order valence-corrected chi connectivity index (χ0v) is 23.2. The minimum Gasteiger partial charge on any atom is -0.489 e. The van der Waals surface area contributed by atoms with Crippen LogP contribution in [0.1, 0.15) is 39.0 Å². The first-order valence-electron chi connectivity index (χ1n) is 13.1. The van der Waals surface area contributed by atoms with Crippen molar-refractivity contribution in [1.29, 1.82) is 0 Å². The monoisotopic (exact) mass is 614 g/mol. The summed E-state index contributed by atoms with van der Waals surface area (Å²) in [5.74, 6) is 1.02. The Morgan fingerprint density at radius 3 is 2.27 bits per heavy atom. The molecule has 0 aromatic heterocycles. The Labute approximate surface area is 249 Å². The highest BCUT2D eigenvalue weighted by Gasteiger charge is 2.38. The van der Waals surface area contributed by atoms with Crippen LogP contribution in [0.5, 0.6) is 5.75 Å². The molecule has 4 rings (SSSR count). The molecule has 0 aliphatic carbocycles. The zero-order valence-electron chi connectivity index (χ0n) is 23.2. The summed E-state index contributed by atoms with van der Waals surface area (Å²) in [6.45, 7) is 0.829. The number of carbonyl (C=O) groups excluding carboxylic acids is 2.